The molecule has 0 aliphatic carbocycles. The normalized spacial score (nSPS) is 11.1. The van der Waals surface area contributed by atoms with Crippen molar-refractivity contribution in [1.82, 2.24) is 0 Å². The van der Waals surface area contributed by atoms with E-state index in [-0.39, 0.29) is 0 Å². The van der Waals surface area contributed by atoms with E-state index < -0.39 is 0 Å². The molecule has 0 bridgehead atoms. The second kappa shape index (κ2) is 9.68. The third-order valence-electron chi connectivity index (χ3n) is 3.82. The maximum atomic E-state index is 6.61. The predicted molar refractivity (Wildman–Crippen MR) is 92.3 cm³/mol. The average Bonchev–Trinajstić information content (AvgIpc) is 2.45. The Bertz CT molecular complexity index is 378. The van der Waals surface area contributed by atoms with Gasteiger partial charge in [0.15, 0.2) is 0 Å². The van der Waals surface area contributed by atoms with Crippen LogP contribution in [0.15, 0.2) is 6.07 Å². The van der Waals surface area contributed by atoms with Crippen molar-refractivity contribution in [2.75, 3.05) is 0 Å². The maximum absolute atomic E-state index is 6.61. The maximum Gasteiger partial charge on any atom is 0.0485 e. The molecule has 0 heterocycles. The van der Waals surface area contributed by atoms with Crippen LogP contribution in [0, 0.1) is 0 Å². The summed E-state index contributed by atoms with van der Waals surface area (Å²) in [6, 6.07) is 2.26. The molecule has 0 N–H and O–H groups in total. The molecule has 114 valence electrons. The zero-order chi connectivity index (χ0) is 15.0. The van der Waals surface area contributed by atoms with E-state index in [2.05, 4.69) is 26.8 Å². The SMILES string of the molecule is CCCCc1cc(CCCC)c(Cl)c(CCCC)c1Cl. The van der Waals surface area contributed by atoms with E-state index >= 15 is 0 Å². The summed E-state index contributed by atoms with van der Waals surface area (Å²) < 4.78 is 0. The summed E-state index contributed by atoms with van der Waals surface area (Å²) in [6.45, 7) is 6.65. The van der Waals surface area contributed by atoms with Gasteiger partial charge in [-0.2, -0.15) is 0 Å². The highest BCUT2D eigenvalue weighted by molar-refractivity contribution is 6.37. The van der Waals surface area contributed by atoms with Gasteiger partial charge in [-0.1, -0.05) is 69.3 Å². The van der Waals surface area contributed by atoms with Crippen molar-refractivity contribution < 1.29 is 0 Å². The van der Waals surface area contributed by atoms with Crippen LogP contribution >= 0.6 is 23.2 Å². The van der Waals surface area contributed by atoms with E-state index in [4.69, 9.17) is 23.2 Å². The molecule has 0 radical (unpaired) electrons. The van der Waals surface area contributed by atoms with Crippen LogP contribution in [0.4, 0.5) is 0 Å². The van der Waals surface area contributed by atoms with Crippen LogP contribution in [0.3, 0.4) is 0 Å². The van der Waals surface area contributed by atoms with Gasteiger partial charge < -0.3 is 0 Å². The van der Waals surface area contributed by atoms with Gasteiger partial charge in [-0.25, -0.2) is 0 Å². The number of hydrogen-bond acceptors (Lipinski definition) is 0. The third-order valence-corrected chi connectivity index (χ3v) is 4.76. The molecule has 0 spiro atoms. The smallest absolute Gasteiger partial charge is 0.0485 e. The summed E-state index contributed by atoms with van der Waals surface area (Å²) in [5.74, 6) is 0. The van der Waals surface area contributed by atoms with Crippen molar-refractivity contribution in [2.24, 2.45) is 0 Å². The Kier molecular flexibility index (Phi) is 8.64. The molecule has 1 aromatic carbocycles. The van der Waals surface area contributed by atoms with Crippen LogP contribution in [0.1, 0.15) is 76.0 Å². The summed E-state index contributed by atoms with van der Waals surface area (Å²) >= 11 is 13.2. The van der Waals surface area contributed by atoms with E-state index in [1.54, 1.807) is 0 Å². The Balaban J connectivity index is 3.09. The molecule has 1 rings (SSSR count). The van der Waals surface area contributed by atoms with E-state index in [1.807, 2.05) is 0 Å². The van der Waals surface area contributed by atoms with Crippen molar-refractivity contribution in [1.29, 1.82) is 0 Å². The minimum atomic E-state index is 0.928. The second-order valence-electron chi connectivity index (χ2n) is 5.61. The largest absolute Gasteiger partial charge is 0.0837 e. The Morgan fingerprint density at radius 3 is 1.50 bits per heavy atom. The molecule has 0 aliphatic rings. The molecular weight excluding hydrogens is 287 g/mol. The van der Waals surface area contributed by atoms with Gasteiger partial charge in [0.25, 0.3) is 0 Å². The Morgan fingerprint density at radius 2 is 1.10 bits per heavy atom. The fourth-order valence-electron chi connectivity index (χ4n) is 2.49. The average molecular weight is 315 g/mol. The molecule has 20 heavy (non-hydrogen) atoms. The molecule has 2 heteroatoms. The van der Waals surface area contributed by atoms with Gasteiger partial charge in [-0.05, 0) is 55.2 Å². The fourth-order valence-corrected chi connectivity index (χ4v) is 3.22. The molecule has 0 unspecified atom stereocenters. The van der Waals surface area contributed by atoms with E-state index in [0.717, 1.165) is 35.7 Å². The minimum absolute atomic E-state index is 0.928. The predicted octanol–water partition coefficient (Wildman–Crippen LogP) is 7.02. The Labute approximate surface area is 134 Å². The molecular formula is C18H28Cl2. The molecule has 0 amide bonds. The third kappa shape index (κ3) is 4.97. The first-order chi connectivity index (χ1) is 9.65. The minimum Gasteiger partial charge on any atom is -0.0837 e. The lowest BCUT2D eigenvalue weighted by Crippen LogP contribution is -2.00. The van der Waals surface area contributed by atoms with Crippen molar-refractivity contribution in [3.8, 4) is 0 Å². The van der Waals surface area contributed by atoms with Crippen LogP contribution in [-0.4, -0.2) is 0 Å². The second-order valence-corrected chi connectivity index (χ2v) is 6.37. The molecule has 0 aliphatic heterocycles. The van der Waals surface area contributed by atoms with Crippen LogP contribution in [0.5, 0.6) is 0 Å². The first kappa shape index (κ1) is 17.9. The van der Waals surface area contributed by atoms with Gasteiger partial charge in [0.1, 0.15) is 0 Å². The van der Waals surface area contributed by atoms with Crippen LogP contribution < -0.4 is 0 Å². The molecule has 0 saturated heterocycles. The first-order valence-corrected chi connectivity index (χ1v) is 8.89. The van der Waals surface area contributed by atoms with Gasteiger partial charge in [0.2, 0.25) is 0 Å². The number of unbranched alkanes of at least 4 members (excludes halogenated alkanes) is 3. The monoisotopic (exact) mass is 314 g/mol. The van der Waals surface area contributed by atoms with Gasteiger partial charge in [-0.3, -0.25) is 0 Å². The first-order valence-electron chi connectivity index (χ1n) is 8.14. The van der Waals surface area contributed by atoms with Crippen LogP contribution in [-0.2, 0) is 19.3 Å². The quantitative estimate of drug-likeness (QED) is 0.459. The lowest BCUT2D eigenvalue weighted by atomic mass is 9.96. The summed E-state index contributed by atoms with van der Waals surface area (Å²) in [7, 11) is 0. The number of halogens is 2. The van der Waals surface area contributed by atoms with E-state index in [0.29, 0.717) is 0 Å². The lowest BCUT2D eigenvalue weighted by Gasteiger charge is -2.16. The van der Waals surface area contributed by atoms with E-state index in [1.165, 1.54) is 48.8 Å². The highest BCUT2D eigenvalue weighted by atomic mass is 35.5. The Morgan fingerprint density at radius 1 is 0.700 bits per heavy atom. The Hall–Kier alpha value is -0.200. The molecule has 0 aromatic heterocycles. The van der Waals surface area contributed by atoms with Gasteiger partial charge in [0.05, 0.1) is 0 Å². The number of aryl methyl sites for hydroxylation is 2. The molecule has 0 saturated carbocycles. The number of hydrogen-bond donors (Lipinski definition) is 0. The summed E-state index contributed by atoms with van der Waals surface area (Å²) in [5.41, 5.74) is 3.79. The molecule has 1 aromatic rings. The highest BCUT2D eigenvalue weighted by Gasteiger charge is 2.14. The van der Waals surface area contributed by atoms with Crippen LogP contribution in [0.2, 0.25) is 10.0 Å². The van der Waals surface area contributed by atoms with Crippen molar-refractivity contribution in [2.45, 2.75) is 78.6 Å². The summed E-state index contributed by atoms with van der Waals surface area (Å²) in [5, 5.41) is 1.86. The van der Waals surface area contributed by atoms with Gasteiger partial charge in [0, 0.05) is 10.0 Å². The van der Waals surface area contributed by atoms with Crippen molar-refractivity contribution in [3.05, 3.63) is 32.8 Å². The number of benzene rings is 1. The van der Waals surface area contributed by atoms with Crippen molar-refractivity contribution in [3.63, 3.8) is 0 Å². The number of rotatable bonds is 9. The fraction of sp³-hybridized carbons (Fsp3) is 0.667. The topological polar surface area (TPSA) is 0 Å². The van der Waals surface area contributed by atoms with Gasteiger partial charge >= 0.3 is 0 Å². The summed E-state index contributed by atoms with van der Waals surface area (Å²) in [4.78, 5) is 0. The van der Waals surface area contributed by atoms with Crippen LogP contribution in [0.25, 0.3) is 0 Å². The summed E-state index contributed by atoms with van der Waals surface area (Å²) in [6.07, 6.45) is 10.3. The zero-order valence-electron chi connectivity index (χ0n) is 13.2. The standard InChI is InChI=1S/C18H28Cl2/c1-4-7-10-14-13-15(11-8-5-2)18(20)16(17(14)19)12-9-6-3/h13H,4-12H2,1-3H3. The van der Waals surface area contributed by atoms with E-state index in [9.17, 15) is 0 Å². The molecule has 0 fully saturated rings. The lowest BCUT2D eigenvalue weighted by molar-refractivity contribution is 0.766. The van der Waals surface area contributed by atoms with Gasteiger partial charge in [-0.15, -0.1) is 0 Å². The molecule has 0 nitrogen and oxygen atoms in total. The van der Waals surface area contributed by atoms with Crippen molar-refractivity contribution >= 4 is 23.2 Å². The highest BCUT2D eigenvalue weighted by Crippen LogP contribution is 2.34. The molecule has 0 atom stereocenters. The zero-order valence-corrected chi connectivity index (χ0v) is 14.7.